The fourth-order valence-electron chi connectivity index (χ4n) is 4.47. The van der Waals surface area contributed by atoms with Crippen LogP contribution in [0.15, 0.2) is 78.9 Å². The van der Waals surface area contributed by atoms with Gasteiger partial charge in [-0.1, -0.05) is 61.5 Å². The molecule has 154 valence electrons. The summed E-state index contributed by atoms with van der Waals surface area (Å²) in [6, 6.07) is 27.3. The first-order valence-corrected chi connectivity index (χ1v) is 10.8. The van der Waals surface area contributed by atoms with E-state index in [0.29, 0.717) is 6.61 Å². The van der Waals surface area contributed by atoms with Gasteiger partial charge < -0.3 is 9.30 Å². The largest absolute Gasteiger partial charge is 0.488 e. The van der Waals surface area contributed by atoms with Crippen LogP contribution in [0, 0.1) is 6.92 Å². The van der Waals surface area contributed by atoms with Gasteiger partial charge in [0.25, 0.3) is 0 Å². The predicted octanol–water partition coefficient (Wildman–Crippen LogP) is 6.84. The summed E-state index contributed by atoms with van der Waals surface area (Å²) < 4.78 is 8.45. The number of aryl methyl sites for hydroxylation is 3. The molecule has 0 N–H and O–H groups in total. The van der Waals surface area contributed by atoms with Crippen LogP contribution >= 0.6 is 0 Å². The summed E-state index contributed by atoms with van der Waals surface area (Å²) in [4.78, 5) is 5.15. The van der Waals surface area contributed by atoms with Crippen LogP contribution in [0.5, 0.6) is 5.75 Å². The molecule has 5 rings (SSSR count). The number of pyridine rings is 1. The third-order valence-corrected chi connectivity index (χ3v) is 6.12. The summed E-state index contributed by atoms with van der Waals surface area (Å²) in [5.41, 5.74) is 8.08. The molecule has 5 aromatic rings. The highest BCUT2D eigenvalue weighted by atomic mass is 16.5. The van der Waals surface area contributed by atoms with Crippen LogP contribution in [-0.4, -0.2) is 9.55 Å². The van der Waals surface area contributed by atoms with Gasteiger partial charge in [-0.3, -0.25) is 0 Å². The maximum absolute atomic E-state index is 6.20. The smallest absolute Gasteiger partial charge is 0.129 e. The predicted molar refractivity (Wildman–Crippen MR) is 129 cm³/mol. The number of para-hydroxylation sites is 1. The Balaban J connectivity index is 1.61. The van der Waals surface area contributed by atoms with Gasteiger partial charge >= 0.3 is 0 Å². The van der Waals surface area contributed by atoms with Crippen molar-refractivity contribution in [2.24, 2.45) is 7.05 Å². The van der Waals surface area contributed by atoms with Gasteiger partial charge in [0.2, 0.25) is 0 Å². The Labute approximate surface area is 182 Å². The van der Waals surface area contributed by atoms with Crippen molar-refractivity contribution in [1.29, 1.82) is 0 Å². The summed E-state index contributed by atoms with van der Waals surface area (Å²) in [6.07, 6.45) is 0.931. The minimum absolute atomic E-state index is 0.547. The van der Waals surface area contributed by atoms with E-state index in [1.54, 1.807) is 0 Å². The maximum Gasteiger partial charge on any atom is 0.129 e. The van der Waals surface area contributed by atoms with E-state index in [2.05, 4.69) is 86.1 Å². The molecule has 3 aromatic carbocycles. The highest BCUT2D eigenvalue weighted by Crippen LogP contribution is 2.35. The number of rotatable bonds is 5. The molecule has 3 heteroatoms. The van der Waals surface area contributed by atoms with Crippen molar-refractivity contribution >= 4 is 21.8 Å². The second-order valence-electron chi connectivity index (χ2n) is 7.99. The molecule has 31 heavy (non-hydrogen) atoms. The number of ether oxygens (including phenoxy) is 1. The molecule has 0 fully saturated rings. The number of hydrogen-bond donors (Lipinski definition) is 0. The van der Waals surface area contributed by atoms with Crippen molar-refractivity contribution in [3.8, 4) is 17.1 Å². The van der Waals surface area contributed by atoms with Gasteiger partial charge in [-0.05, 0) is 54.3 Å². The fraction of sp³-hybridized carbons (Fsp3) is 0.179. The van der Waals surface area contributed by atoms with E-state index >= 15 is 0 Å². The van der Waals surface area contributed by atoms with Crippen LogP contribution in [0.4, 0.5) is 0 Å². The molecule has 2 heterocycles. The van der Waals surface area contributed by atoms with Crippen molar-refractivity contribution in [2.75, 3.05) is 0 Å². The lowest BCUT2D eigenvalue weighted by Crippen LogP contribution is -1.99. The molecule has 0 amide bonds. The normalized spacial score (nSPS) is 11.3. The Morgan fingerprint density at radius 1 is 0.839 bits per heavy atom. The quantitative estimate of drug-likeness (QED) is 0.319. The molecule has 0 spiro atoms. The maximum atomic E-state index is 6.20. The molecule has 0 saturated carbocycles. The fourth-order valence-corrected chi connectivity index (χ4v) is 4.47. The van der Waals surface area contributed by atoms with Gasteiger partial charge in [-0.2, -0.15) is 0 Å². The van der Waals surface area contributed by atoms with E-state index in [1.165, 1.54) is 27.7 Å². The van der Waals surface area contributed by atoms with Gasteiger partial charge in [0.15, 0.2) is 0 Å². The van der Waals surface area contributed by atoms with E-state index in [4.69, 9.17) is 9.72 Å². The molecule has 2 aromatic heterocycles. The van der Waals surface area contributed by atoms with Crippen molar-refractivity contribution in [3.63, 3.8) is 0 Å². The number of hydrogen-bond acceptors (Lipinski definition) is 2. The highest BCUT2D eigenvalue weighted by Gasteiger charge is 2.16. The van der Waals surface area contributed by atoms with Crippen molar-refractivity contribution in [2.45, 2.75) is 26.9 Å². The van der Waals surface area contributed by atoms with E-state index < -0.39 is 0 Å². The minimum atomic E-state index is 0.547. The number of benzene rings is 3. The first kappa shape index (κ1) is 19.4. The van der Waals surface area contributed by atoms with Gasteiger partial charge in [0, 0.05) is 23.3 Å². The molecule has 3 nitrogen and oxygen atoms in total. The van der Waals surface area contributed by atoms with E-state index in [0.717, 1.165) is 34.3 Å². The Bertz CT molecular complexity index is 1340. The van der Waals surface area contributed by atoms with Gasteiger partial charge in [-0.15, -0.1) is 0 Å². The molecule has 0 bridgehead atoms. The third-order valence-electron chi connectivity index (χ3n) is 6.12. The SMILES string of the molecule is CCc1ccc(OCc2ccccc2)c2ccc(-c3c(C)c4ccccc4n3C)nc12. The zero-order valence-electron chi connectivity index (χ0n) is 18.2. The van der Waals surface area contributed by atoms with Crippen molar-refractivity contribution in [3.05, 3.63) is 95.6 Å². The van der Waals surface area contributed by atoms with Crippen LogP contribution in [0.2, 0.25) is 0 Å². The lowest BCUT2D eigenvalue weighted by atomic mass is 10.0. The van der Waals surface area contributed by atoms with Crippen molar-refractivity contribution in [1.82, 2.24) is 9.55 Å². The van der Waals surface area contributed by atoms with Gasteiger partial charge in [0.1, 0.15) is 12.4 Å². The molecule has 0 unspecified atom stereocenters. The number of nitrogens with zero attached hydrogens (tertiary/aromatic N) is 2. The monoisotopic (exact) mass is 406 g/mol. The topological polar surface area (TPSA) is 27.1 Å². The van der Waals surface area contributed by atoms with E-state index in [9.17, 15) is 0 Å². The van der Waals surface area contributed by atoms with E-state index in [-0.39, 0.29) is 0 Å². The standard InChI is InChI=1S/C28H26N2O/c1-4-21-14-17-26(31-18-20-10-6-5-7-11-20)23-15-16-24(29-27(21)23)28-19(2)22-12-8-9-13-25(22)30(28)3/h5-17H,4,18H2,1-3H3. The summed E-state index contributed by atoms with van der Waals surface area (Å²) in [7, 11) is 2.12. The molecule has 0 radical (unpaired) electrons. The van der Waals surface area contributed by atoms with Gasteiger partial charge in [0.05, 0.1) is 16.9 Å². The van der Waals surface area contributed by atoms with Crippen LogP contribution < -0.4 is 4.74 Å². The first-order valence-electron chi connectivity index (χ1n) is 10.8. The van der Waals surface area contributed by atoms with Crippen LogP contribution in [0.3, 0.4) is 0 Å². The Morgan fingerprint density at radius 3 is 2.39 bits per heavy atom. The molecule has 0 atom stereocenters. The lowest BCUT2D eigenvalue weighted by molar-refractivity contribution is 0.310. The van der Waals surface area contributed by atoms with Gasteiger partial charge in [-0.25, -0.2) is 4.98 Å². The Morgan fingerprint density at radius 2 is 1.61 bits per heavy atom. The average molecular weight is 407 g/mol. The Hall–Kier alpha value is -3.59. The second kappa shape index (κ2) is 7.92. The molecular formula is C28H26N2O. The highest BCUT2D eigenvalue weighted by molar-refractivity contribution is 5.93. The molecule has 0 saturated heterocycles. The first-order chi connectivity index (χ1) is 15.2. The minimum Gasteiger partial charge on any atom is -0.488 e. The average Bonchev–Trinajstić information content (AvgIpc) is 3.08. The zero-order chi connectivity index (χ0) is 21.4. The number of fused-ring (bicyclic) bond motifs is 2. The number of aromatic nitrogens is 2. The summed E-state index contributed by atoms with van der Waals surface area (Å²) >= 11 is 0. The summed E-state index contributed by atoms with van der Waals surface area (Å²) in [6.45, 7) is 4.91. The molecule has 0 aliphatic heterocycles. The zero-order valence-corrected chi connectivity index (χ0v) is 18.2. The van der Waals surface area contributed by atoms with Crippen LogP contribution in [0.1, 0.15) is 23.6 Å². The van der Waals surface area contributed by atoms with E-state index in [1.807, 2.05) is 18.2 Å². The van der Waals surface area contributed by atoms with Crippen LogP contribution in [-0.2, 0) is 20.1 Å². The summed E-state index contributed by atoms with van der Waals surface area (Å²) in [5.74, 6) is 0.879. The van der Waals surface area contributed by atoms with Crippen LogP contribution in [0.25, 0.3) is 33.2 Å². The molecular weight excluding hydrogens is 380 g/mol. The molecule has 0 aliphatic carbocycles. The summed E-state index contributed by atoms with van der Waals surface area (Å²) in [5, 5.41) is 2.34. The Kier molecular flexibility index (Phi) is 4.95. The van der Waals surface area contributed by atoms with Crippen molar-refractivity contribution < 1.29 is 4.74 Å². The molecule has 0 aliphatic rings. The lowest BCUT2D eigenvalue weighted by Gasteiger charge is -2.13. The second-order valence-corrected chi connectivity index (χ2v) is 7.99. The third kappa shape index (κ3) is 3.36.